The van der Waals surface area contributed by atoms with Gasteiger partial charge in [0, 0.05) is 5.92 Å². The Morgan fingerprint density at radius 2 is 2.00 bits per heavy atom. The molecule has 1 aromatic heterocycles. The van der Waals surface area contributed by atoms with Crippen LogP contribution in [0.25, 0.3) is 0 Å². The minimum Gasteiger partial charge on any atom is -0.197 e. The van der Waals surface area contributed by atoms with Crippen LogP contribution in [0.1, 0.15) is 50.5 Å². The van der Waals surface area contributed by atoms with Gasteiger partial charge in [0.1, 0.15) is 5.92 Å². The average Bonchev–Trinajstić information content (AvgIpc) is 3.07. The topological polar surface area (TPSA) is 47.6 Å². The van der Waals surface area contributed by atoms with E-state index in [1.165, 1.54) is 18.4 Å². The number of rotatable bonds is 4. The zero-order chi connectivity index (χ0) is 13.0. The highest BCUT2D eigenvalue weighted by Crippen LogP contribution is 2.54. The van der Waals surface area contributed by atoms with E-state index in [4.69, 9.17) is 0 Å². The van der Waals surface area contributed by atoms with Gasteiger partial charge >= 0.3 is 0 Å². The van der Waals surface area contributed by atoms with Crippen LogP contribution in [-0.2, 0) is 0 Å². The molecule has 0 aromatic carbocycles. The highest BCUT2D eigenvalue weighted by atomic mass is 32.1. The molecule has 0 amide bonds. The van der Waals surface area contributed by atoms with E-state index < -0.39 is 5.92 Å². The van der Waals surface area contributed by atoms with Gasteiger partial charge in [-0.15, -0.1) is 0 Å². The number of hydrogen-bond acceptors (Lipinski definition) is 3. The average molecular weight is 258 g/mol. The van der Waals surface area contributed by atoms with Crippen molar-refractivity contribution in [2.75, 3.05) is 0 Å². The summed E-state index contributed by atoms with van der Waals surface area (Å²) in [5.74, 6) is -0.427. The summed E-state index contributed by atoms with van der Waals surface area (Å²) < 4.78 is 0. The highest BCUT2D eigenvalue weighted by molar-refractivity contribution is 7.08. The molecule has 1 unspecified atom stereocenters. The van der Waals surface area contributed by atoms with Gasteiger partial charge in [-0.2, -0.15) is 21.9 Å². The fourth-order valence-electron chi connectivity index (χ4n) is 3.49. The normalized spacial score (nSPS) is 19.3. The molecule has 1 aromatic rings. The third-order valence-electron chi connectivity index (χ3n) is 4.48. The highest BCUT2D eigenvalue weighted by Gasteiger charge is 2.44. The molecule has 0 spiro atoms. The van der Waals surface area contributed by atoms with E-state index in [1.807, 2.05) is 5.38 Å². The molecule has 1 fully saturated rings. The summed E-state index contributed by atoms with van der Waals surface area (Å²) in [4.78, 5) is 0. The number of nitrogens with zero attached hydrogens (tertiary/aromatic N) is 2. The van der Waals surface area contributed by atoms with E-state index in [2.05, 4.69) is 30.5 Å². The second kappa shape index (κ2) is 5.55. The third kappa shape index (κ3) is 2.16. The molecule has 1 saturated carbocycles. The lowest BCUT2D eigenvalue weighted by atomic mass is 9.65. The molecular weight excluding hydrogens is 240 g/mol. The molecule has 0 N–H and O–H groups in total. The van der Waals surface area contributed by atoms with Gasteiger partial charge in [0.2, 0.25) is 0 Å². The zero-order valence-corrected chi connectivity index (χ0v) is 11.5. The van der Waals surface area contributed by atoms with E-state index >= 15 is 0 Å². The first kappa shape index (κ1) is 13.1. The van der Waals surface area contributed by atoms with Crippen LogP contribution in [0, 0.1) is 34.0 Å². The number of thiophene rings is 1. The van der Waals surface area contributed by atoms with Crippen molar-refractivity contribution in [3.05, 3.63) is 22.4 Å². The smallest absolute Gasteiger partial charge is 0.140 e. The summed E-state index contributed by atoms with van der Waals surface area (Å²) in [6.45, 7) is 2.20. The Bertz CT molecular complexity index is 444. The molecule has 1 heterocycles. The largest absolute Gasteiger partial charge is 0.197 e. The maximum absolute atomic E-state index is 9.30. The lowest BCUT2D eigenvalue weighted by Crippen LogP contribution is -2.30. The Kier molecular flexibility index (Phi) is 4.04. The van der Waals surface area contributed by atoms with Gasteiger partial charge in [0.15, 0.2) is 0 Å². The van der Waals surface area contributed by atoms with Gasteiger partial charge in [-0.3, -0.25) is 0 Å². The SMILES string of the molecule is CCC1(C(c2ccsc2)C(C#N)C#N)CCCC1. The van der Waals surface area contributed by atoms with Crippen molar-refractivity contribution in [3.8, 4) is 12.1 Å². The van der Waals surface area contributed by atoms with Crippen molar-refractivity contribution in [3.63, 3.8) is 0 Å². The first-order chi connectivity index (χ1) is 8.77. The maximum Gasteiger partial charge on any atom is 0.140 e. The molecule has 1 aliphatic rings. The lowest BCUT2D eigenvalue weighted by molar-refractivity contribution is 0.201. The van der Waals surface area contributed by atoms with E-state index in [0.717, 1.165) is 19.3 Å². The summed E-state index contributed by atoms with van der Waals surface area (Å²) >= 11 is 1.66. The summed E-state index contributed by atoms with van der Waals surface area (Å²) in [6, 6.07) is 6.53. The first-order valence-electron chi connectivity index (χ1n) is 6.59. The van der Waals surface area contributed by atoms with Crippen molar-refractivity contribution in [2.45, 2.75) is 44.9 Å². The van der Waals surface area contributed by atoms with Crippen LogP contribution in [0.5, 0.6) is 0 Å². The van der Waals surface area contributed by atoms with Crippen molar-refractivity contribution in [1.82, 2.24) is 0 Å². The standard InChI is InChI=1S/C15H18N2S/c1-2-15(6-3-4-7-15)14(13(9-16)10-17)12-5-8-18-11-12/h5,8,11,13-14H,2-4,6-7H2,1H3. The lowest BCUT2D eigenvalue weighted by Gasteiger charge is -2.37. The zero-order valence-electron chi connectivity index (χ0n) is 10.7. The Labute approximate surface area is 113 Å². The Hall–Kier alpha value is -1.32. The van der Waals surface area contributed by atoms with Crippen LogP contribution in [-0.4, -0.2) is 0 Å². The van der Waals surface area contributed by atoms with Gasteiger partial charge in [0.05, 0.1) is 12.1 Å². The number of hydrogen-bond donors (Lipinski definition) is 0. The molecule has 0 aliphatic heterocycles. The fraction of sp³-hybridized carbons (Fsp3) is 0.600. The Morgan fingerprint density at radius 3 is 2.44 bits per heavy atom. The van der Waals surface area contributed by atoms with Gasteiger partial charge in [-0.05, 0) is 47.1 Å². The molecule has 0 bridgehead atoms. The first-order valence-corrected chi connectivity index (χ1v) is 7.53. The molecule has 94 valence electrons. The van der Waals surface area contributed by atoms with Crippen LogP contribution >= 0.6 is 11.3 Å². The molecular formula is C15H18N2S. The minimum absolute atomic E-state index is 0.0891. The van der Waals surface area contributed by atoms with E-state index in [-0.39, 0.29) is 11.3 Å². The maximum atomic E-state index is 9.30. The van der Waals surface area contributed by atoms with Gasteiger partial charge in [0.25, 0.3) is 0 Å². The van der Waals surface area contributed by atoms with Gasteiger partial charge in [-0.1, -0.05) is 19.8 Å². The minimum atomic E-state index is -0.516. The number of nitriles is 2. The molecule has 2 rings (SSSR count). The summed E-state index contributed by atoms with van der Waals surface area (Å²) in [5, 5.41) is 22.8. The summed E-state index contributed by atoms with van der Waals surface area (Å²) in [5.41, 5.74) is 1.36. The quantitative estimate of drug-likeness (QED) is 0.800. The van der Waals surface area contributed by atoms with Crippen molar-refractivity contribution < 1.29 is 0 Å². The molecule has 1 aliphatic carbocycles. The molecule has 1 atom stereocenters. The van der Waals surface area contributed by atoms with Crippen LogP contribution in [0.2, 0.25) is 0 Å². The van der Waals surface area contributed by atoms with Crippen molar-refractivity contribution in [1.29, 1.82) is 10.5 Å². The Morgan fingerprint density at radius 1 is 1.33 bits per heavy atom. The predicted molar refractivity (Wildman–Crippen MR) is 73.0 cm³/mol. The summed E-state index contributed by atoms with van der Waals surface area (Å²) in [6.07, 6.45) is 5.84. The monoisotopic (exact) mass is 258 g/mol. The van der Waals surface area contributed by atoms with Gasteiger partial charge in [-0.25, -0.2) is 0 Å². The van der Waals surface area contributed by atoms with Crippen molar-refractivity contribution >= 4 is 11.3 Å². The van der Waals surface area contributed by atoms with Crippen LogP contribution in [0.15, 0.2) is 16.8 Å². The van der Waals surface area contributed by atoms with Gasteiger partial charge < -0.3 is 0 Å². The Balaban J connectivity index is 2.42. The second-order valence-electron chi connectivity index (χ2n) is 5.19. The summed E-state index contributed by atoms with van der Waals surface area (Å²) in [7, 11) is 0. The van der Waals surface area contributed by atoms with E-state index in [1.54, 1.807) is 11.3 Å². The molecule has 0 radical (unpaired) electrons. The molecule has 0 saturated heterocycles. The van der Waals surface area contributed by atoms with E-state index in [0.29, 0.717) is 0 Å². The van der Waals surface area contributed by atoms with Crippen molar-refractivity contribution in [2.24, 2.45) is 11.3 Å². The van der Waals surface area contributed by atoms with E-state index in [9.17, 15) is 10.5 Å². The molecule has 3 heteroatoms. The van der Waals surface area contributed by atoms with Crippen LogP contribution in [0.4, 0.5) is 0 Å². The van der Waals surface area contributed by atoms with Crippen LogP contribution < -0.4 is 0 Å². The van der Waals surface area contributed by atoms with Crippen LogP contribution in [0.3, 0.4) is 0 Å². The third-order valence-corrected chi connectivity index (χ3v) is 5.18. The second-order valence-corrected chi connectivity index (χ2v) is 5.97. The molecule has 18 heavy (non-hydrogen) atoms. The fourth-order valence-corrected chi connectivity index (χ4v) is 4.19. The molecule has 2 nitrogen and oxygen atoms in total. The predicted octanol–water partition coefficient (Wildman–Crippen LogP) is 4.47.